The number of piperidine rings is 1. The molecule has 2 saturated heterocycles. The van der Waals surface area contributed by atoms with E-state index in [1.54, 1.807) is 7.11 Å². The summed E-state index contributed by atoms with van der Waals surface area (Å²) in [7, 11) is 1.63. The zero-order valence-electron chi connectivity index (χ0n) is 13.7. The molecule has 3 amide bonds. The second-order valence-corrected chi connectivity index (χ2v) is 6.88. The number of hydrogen-bond acceptors (Lipinski definition) is 4. The molecule has 1 aliphatic carbocycles. The highest BCUT2D eigenvalue weighted by Gasteiger charge is 2.48. The molecule has 1 saturated carbocycles. The lowest BCUT2D eigenvalue weighted by Gasteiger charge is -2.51. The van der Waals surface area contributed by atoms with Gasteiger partial charge in [-0.3, -0.25) is 4.79 Å². The van der Waals surface area contributed by atoms with Crippen molar-refractivity contribution in [3.05, 3.63) is 0 Å². The Balaban J connectivity index is 1.56. The molecule has 7 heteroatoms. The van der Waals surface area contributed by atoms with Gasteiger partial charge in [-0.15, -0.1) is 0 Å². The van der Waals surface area contributed by atoms with E-state index in [2.05, 4.69) is 16.0 Å². The van der Waals surface area contributed by atoms with Gasteiger partial charge in [-0.2, -0.15) is 0 Å². The second-order valence-electron chi connectivity index (χ2n) is 6.88. The summed E-state index contributed by atoms with van der Waals surface area (Å²) < 4.78 is 10.9. The third-order valence-corrected chi connectivity index (χ3v) is 5.34. The number of amides is 3. The monoisotopic (exact) mass is 325 g/mol. The topological polar surface area (TPSA) is 88.7 Å². The van der Waals surface area contributed by atoms with Gasteiger partial charge >= 0.3 is 6.03 Å². The molecule has 3 fully saturated rings. The molecule has 0 aromatic rings. The van der Waals surface area contributed by atoms with E-state index >= 15 is 0 Å². The van der Waals surface area contributed by atoms with E-state index < -0.39 is 0 Å². The number of nitrogens with one attached hydrogen (secondary N) is 3. The lowest BCUT2D eigenvalue weighted by atomic mass is 9.68. The van der Waals surface area contributed by atoms with Crippen LogP contribution in [0, 0.1) is 0 Å². The van der Waals surface area contributed by atoms with Crippen LogP contribution in [0.3, 0.4) is 0 Å². The first kappa shape index (κ1) is 16.5. The third-order valence-electron chi connectivity index (χ3n) is 5.34. The fraction of sp³-hybridized carbons (Fsp3) is 0.875. The van der Waals surface area contributed by atoms with Crippen LogP contribution in [-0.2, 0) is 14.3 Å². The first-order valence-corrected chi connectivity index (χ1v) is 8.61. The Morgan fingerprint density at radius 2 is 2.26 bits per heavy atom. The molecular formula is C16H27N3O4. The number of hydrogen-bond donors (Lipinski definition) is 3. The largest absolute Gasteiger partial charge is 0.382 e. The average molecular weight is 325 g/mol. The van der Waals surface area contributed by atoms with Crippen molar-refractivity contribution in [2.75, 3.05) is 20.3 Å². The van der Waals surface area contributed by atoms with Gasteiger partial charge in [0.25, 0.3) is 0 Å². The Morgan fingerprint density at radius 1 is 1.43 bits per heavy atom. The van der Waals surface area contributed by atoms with E-state index in [0.29, 0.717) is 19.4 Å². The maximum Gasteiger partial charge on any atom is 0.315 e. The molecule has 0 radical (unpaired) electrons. The minimum atomic E-state index is -0.229. The lowest BCUT2D eigenvalue weighted by molar-refractivity contribution is -0.127. The molecule has 0 unspecified atom stereocenters. The summed E-state index contributed by atoms with van der Waals surface area (Å²) in [4.78, 5) is 24.1. The molecule has 23 heavy (non-hydrogen) atoms. The van der Waals surface area contributed by atoms with Crippen molar-refractivity contribution in [1.29, 1.82) is 0 Å². The molecule has 3 N–H and O–H groups in total. The van der Waals surface area contributed by atoms with Crippen LogP contribution in [0.5, 0.6) is 0 Å². The molecule has 2 aliphatic heterocycles. The standard InChI is InChI=1S/C16H27N3O4/c1-22-10-11(12-4-2-9-23-12)17-15(21)18-13-5-6-14(20)19-16(13)7-3-8-16/h11-13H,2-10H2,1H3,(H,19,20)(H2,17,18,21)/t11-,12+,13-/m0/s1. The van der Waals surface area contributed by atoms with Crippen molar-refractivity contribution in [1.82, 2.24) is 16.0 Å². The molecule has 0 aromatic heterocycles. The number of carbonyl (C=O) groups is 2. The molecule has 1 spiro atoms. The van der Waals surface area contributed by atoms with Gasteiger partial charge in [-0.05, 0) is 38.5 Å². The van der Waals surface area contributed by atoms with Crippen molar-refractivity contribution >= 4 is 11.9 Å². The minimum absolute atomic E-state index is 0.00152. The van der Waals surface area contributed by atoms with Gasteiger partial charge in [0.2, 0.25) is 5.91 Å². The maximum absolute atomic E-state index is 12.4. The molecule has 2 heterocycles. The maximum atomic E-state index is 12.4. The van der Waals surface area contributed by atoms with E-state index in [-0.39, 0.29) is 35.7 Å². The number of methoxy groups -OCH3 is 1. The first-order chi connectivity index (χ1) is 11.1. The van der Waals surface area contributed by atoms with Gasteiger partial charge in [0.1, 0.15) is 0 Å². The summed E-state index contributed by atoms with van der Waals surface area (Å²) in [5.41, 5.74) is -0.229. The van der Waals surface area contributed by atoms with Crippen LogP contribution in [-0.4, -0.2) is 56.0 Å². The summed E-state index contributed by atoms with van der Waals surface area (Å²) >= 11 is 0. The van der Waals surface area contributed by atoms with E-state index in [1.165, 1.54) is 0 Å². The van der Waals surface area contributed by atoms with Crippen LogP contribution in [0.4, 0.5) is 4.79 Å². The van der Waals surface area contributed by atoms with Crippen LogP contribution in [0.25, 0.3) is 0 Å². The smallest absolute Gasteiger partial charge is 0.315 e. The Morgan fingerprint density at radius 3 is 2.87 bits per heavy atom. The molecule has 130 valence electrons. The molecule has 3 rings (SSSR count). The summed E-state index contributed by atoms with van der Waals surface area (Å²) in [6.07, 6.45) is 6.14. The number of rotatable bonds is 5. The zero-order chi connectivity index (χ0) is 16.3. The van der Waals surface area contributed by atoms with Gasteiger partial charge in [-0.1, -0.05) is 0 Å². The van der Waals surface area contributed by atoms with Gasteiger partial charge in [-0.25, -0.2) is 4.79 Å². The third kappa shape index (κ3) is 3.61. The van der Waals surface area contributed by atoms with Crippen LogP contribution in [0.1, 0.15) is 44.9 Å². The quantitative estimate of drug-likeness (QED) is 0.693. The van der Waals surface area contributed by atoms with Crippen molar-refractivity contribution < 1.29 is 19.1 Å². The SMILES string of the molecule is COC[C@H](NC(=O)N[C@H]1CCC(=O)NC12CCC2)[C@H]1CCCO1. The van der Waals surface area contributed by atoms with E-state index in [1.807, 2.05) is 0 Å². The average Bonchev–Trinajstić information content (AvgIpc) is 3.01. The highest BCUT2D eigenvalue weighted by molar-refractivity contribution is 5.80. The summed E-state index contributed by atoms with van der Waals surface area (Å²) in [6, 6.07) is -0.338. The Hall–Kier alpha value is -1.34. The van der Waals surface area contributed by atoms with Gasteiger partial charge in [0.05, 0.1) is 30.3 Å². The van der Waals surface area contributed by atoms with E-state index in [0.717, 1.165) is 38.7 Å². The summed E-state index contributed by atoms with van der Waals surface area (Å²) in [5.74, 6) is 0.0970. The van der Waals surface area contributed by atoms with Crippen LogP contribution in [0.2, 0.25) is 0 Å². The van der Waals surface area contributed by atoms with Gasteiger partial charge in [0.15, 0.2) is 0 Å². The second kappa shape index (κ2) is 7.05. The van der Waals surface area contributed by atoms with Gasteiger partial charge in [0, 0.05) is 20.1 Å². The first-order valence-electron chi connectivity index (χ1n) is 8.61. The van der Waals surface area contributed by atoms with Crippen LogP contribution >= 0.6 is 0 Å². The number of ether oxygens (including phenoxy) is 2. The van der Waals surface area contributed by atoms with Crippen molar-refractivity contribution in [3.63, 3.8) is 0 Å². The molecule has 3 atom stereocenters. The zero-order valence-corrected chi connectivity index (χ0v) is 13.7. The fourth-order valence-corrected chi connectivity index (χ4v) is 3.93. The molecular weight excluding hydrogens is 298 g/mol. The Kier molecular flexibility index (Phi) is 5.06. The number of urea groups is 1. The van der Waals surface area contributed by atoms with Gasteiger partial charge < -0.3 is 25.4 Å². The van der Waals surface area contributed by atoms with E-state index in [9.17, 15) is 9.59 Å². The van der Waals surface area contributed by atoms with Crippen LogP contribution in [0.15, 0.2) is 0 Å². The minimum Gasteiger partial charge on any atom is -0.382 e. The van der Waals surface area contributed by atoms with Crippen molar-refractivity contribution in [2.45, 2.75) is 68.7 Å². The van der Waals surface area contributed by atoms with Crippen molar-refractivity contribution in [2.24, 2.45) is 0 Å². The Bertz CT molecular complexity index is 447. The molecule has 7 nitrogen and oxygen atoms in total. The fourth-order valence-electron chi connectivity index (χ4n) is 3.93. The van der Waals surface area contributed by atoms with Crippen LogP contribution < -0.4 is 16.0 Å². The molecule has 3 aliphatic rings. The highest BCUT2D eigenvalue weighted by Crippen LogP contribution is 2.38. The van der Waals surface area contributed by atoms with Crippen molar-refractivity contribution in [3.8, 4) is 0 Å². The predicted octanol–water partition coefficient (Wildman–Crippen LogP) is 0.681. The molecule has 0 aromatic carbocycles. The molecule has 0 bridgehead atoms. The Labute approximate surface area is 136 Å². The number of carbonyl (C=O) groups excluding carboxylic acids is 2. The summed E-state index contributed by atoms with van der Waals surface area (Å²) in [6.45, 7) is 1.18. The predicted molar refractivity (Wildman–Crippen MR) is 84.1 cm³/mol. The lowest BCUT2D eigenvalue weighted by Crippen LogP contribution is -2.69. The highest BCUT2D eigenvalue weighted by atomic mass is 16.5. The van der Waals surface area contributed by atoms with E-state index in [4.69, 9.17) is 9.47 Å². The summed E-state index contributed by atoms with van der Waals surface area (Å²) in [5, 5.41) is 9.15. The normalized spacial score (nSPS) is 30.4.